The van der Waals surface area contributed by atoms with E-state index < -0.39 is 12.1 Å². The van der Waals surface area contributed by atoms with Gasteiger partial charge in [-0.3, -0.25) is 14.4 Å². The monoisotopic (exact) mass is 414 g/mol. The molecule has 1 aliphatic heterocycles. The highest BCUT2D eigenvalue weighted by Gasteiger charge is 2.32. The first-order valence-electron chi connectivity index (χ1n) is 10.3. The van der Waals surface area contributed by atoms with Gasteiger partial charge in [0.1, 0.15) is 18.7 Å². The number of thiophene rings is 1. The van der Waals surface area contributed by atoms with Crippen molar-refractivity contribution in [2.24, 2.45) is 5.92 Å². The molecule has 2 N–H and O–H groups in total. The van der Waals surface area contributed by atoms with E-state index >= 15 is 0 Å². The normalized spacial score (nSPS) is 21.2. The number of Topliss-reactive ketones (excluding diaryl/α,β-unsaturated/α-hetero) is 1. The lowest BCUT2D eigenvalue weighted by molar-refractivity contribution is -0.127. The van der Waals surface area contributed by atoms with E-state index in [1.165, 1.54) is 17.8 Å². The van der Waals surface area contributed by atoms with Crippen LogP contribution in [0.4, 0.5) is 0 Å². The van der Waals surface area contributed by atoms with Crippen LogP contribution in [0.15, 0.2) is 30.3 Å². The van der Waals surface area contributed by atoms with E-state index in [1.807, 2.05) is 30.3 Å². The van der Waals surface area contributed by atoms with Crippen molar-refractivity contribution in [2.45, 2.75) is 50.6 Å². The Labute approximate surface area is 174 Å². The molecule has 2 fully saturated rings. The minimum Gasteiger partial charge on any atom is -0.371 e. The molecule has 6 nitrogen and oxygen atoms in total. The van der Waals surface area contributed by atoms with Gasteiger partial charge in [-0.2, -0.15) is 0 Å². The number of ether oxygens (including phenoxy) is 1. The molecule has 2 aromatic rings. The molecule has 2 amide bonds. The lowest BCUT2D eigenvalue weighted by atomic mass is 9.84. The standard InChI is InChI=1S/C22H26N2O4S/c25-18-13-28-12-17(18)24-21(26)16(10-14-6-2-1-3-7-14)23-22(27)20-11-15-8-4-5-9-19(15)29-20/h4-5,8-9,11,14,16-17H,1-3,6-7,10,12-13H2,(H,23,27)(H,24,26)/t16-,17?/m0/s1. The SMILES string of the molecule is O=C(N[C@@H](CC1CCCCC1)C(=O)NC1COCC1=O)c1cc2ccccc2s1. The van der Waals surface area contributed by atoms with Gasteiger partial charge in [0, 0.05) is 4.70 Å². The quantitative estimate of drug-likeness (QED) is 0.761. The highest BCUT2D eigenvalue weighted by Crippen LogP contribution is 2.28. The van der Waals surface area contributed by atoms with Crippen molar-refractivity contribution in [1.29, 1.82) is 0 Å². The number of amides is 2. The Morgan fingerprint density at radius 1 is 1.17 bits per heavy atom. The Morgan fingerprint density at radius 2 is 1.97 bits per heavy atom. The number of benzene rings is 1. The summed E-state index contributed by atoms with van der Waals surface area (Å²) in [7, 11) is 0. The van der Waals surface area contributed by atoms with Gasteiger partial charge in [-0.1, -0.05) is 50.3 Å². The first kappa shape index (κ1) is 20.0. The Bertz CT molecular complexity index is 870. The molecule has 1 saturated carbocycles. The van der Waals surface area contributed by atoms with E-state index in [9.17, 15) is 14.4 Å². The molecule has 7 heteroatoms. The molecule has 4 rings (SSSR count). The van der Waals surface area contributed by atoms with Crippen molar-refractivity contribution in [3.05, 3.63) is 35.2 Å². The Kier molecular flexibility index (Phi) is 6.25. The maximum Gasteiger partial charge on any atom is 0.262 e. The third-order valence-electron chi connectivity index (χ3n) is 5.80. The fourth-order valence-corrected chi connectivity index (χ4v) is 5.14. The van der Waals surface area contributed by atoms with E-state index in [2.05, 4.69) is 10.6 Å². The maximum absolute atomic E-state index is 12.9. The maximum atomic E-state index is 12.9. The summed E-state index contributed by atoms with van der Waals surface area (Å²) in [5.74, 6) is -0.242. The lowest BCUT2D eigenvalue weighted by Crippen LogP contribution is -2.52. The summed E-state index contributed by atoms with van der Waals surface area (Å²) < 4.78 is 6.18. The van der Waals surface area contributed by atoms with Gasteiger partial charge in [0.05, 0.1) is 11.5 Å². The van der Waals surface area contributed by atoms with Crippen molar-refractivity contribution < 1.29 is 19.1 Å². The molecule has 2 atom stereocenters. The van der Waals surface area contributed by atoms with Gasteiger partial charge >= 0.3 is 0 Å². The van der Waals surface area contributed by atoms with Gasteiger partial charge in [0.2, 0.25) is 5.91 Å². The van der Waals surface area contributed by atoms with E-state index in [0.717, 1.165) is 35.8 Å². The van der Waals surface area contributed by atoms with Crippen LogP contribution in [0, 0.1) is 5.92 Å². The fraction of sp³-hybridized carbons (Fsp3) is 0.500. The average molecular weight is 415 g/mol. The zero-order valence-corrected chi connectivity index (χ0v) is 17.1. The predicted molar refractivity (Wildman–Crippen MR) is 112 cm³/mol. The summed E-state index contributed by atoms with van der Waals surface area (Å²) in [6, 6.07) is 8.44. The summed E-state index contributed by atoms with van der Waals surface area (Å²) in [5.41, 5.74) is 0. The van der Waals surface area contributed by atoms with Crippen molar-refractivity contribution in [1.82, 2.24) is 10.6 Å². The second-order valence-corrected chi connectivity index (χ2v) is 9.04. The van der Waals surface area contributed by atoms with E-state index in [1.54, 1.807) is 0 Å². The molecule has 1 unspecified atom stereocenters. The third kappa shape index (κ3) is 4.85. The lowest BCUT2D eigenvalue weighted by Gasteiger charge is -2.27. The van der Waals surface area contributed by atoms with Crippen LogP contribution in [-0.2, 0) is 14.3 Å². The third-order valence-corrected chi connectivity index (χ3v) is 6.91. The van der Waals surface area contributed by atoms with Crippen LogP contribution in [0.3, 0.4) is 0 Å². The molecule has 0 spiro atoms. The summed E-state index contributed by atoms with van der Waals surface area (Å²) in [6.45, 7) is 0.233. The van der Waals surface area contributed by atoms with E-state index in [4.69, 9.17) is 4.74 Å². The van der Waals surface area contributed by atoms with Crippen molar-refractivity contribution in [3.8, 4) is 0 Å². The minimum atomic E-state index is -0.649. The molecule has 1 aliphatic carbocycles. The van der Waals surface area contributed by atoms with Gasteiger partial charge in [0.25, 0.3) is 5.91 Å². The first-order chi connectivity index (χ1) is 14.1. The summed E-state index contributed by atoms with van der Waals surface area (Å²) in [6.07, 6.45) is 6.32. The zero-order valence-electron chi connectivity index (χ0n) is 16.3. The number of hydrogen-bond donors (Lipinski definition) is 2. The molecule has 1 aromatic heterocycles. The molecule has 29 heavy (non-hydrogen) atoms. The average Bonchev–Trinajstić information content (AvgIpc) is 3.34. The van der Waals surface area contributed by atoms with Crippen LogP contribution in [0.5, 0.6) is 0 Å². The Morgan fingerprint density at radius 3 is 2.69 bits per heavy atom. The number of rotatable bonds is 6. The number of fused-ring (bicyclic) bond motifs is 1. The highest BCUT2D eigenvalue weighted by molar-refractivity contribution is 7.20. The van der Waals surface area contributed by atoms with Gasteiger partial charge in [-0.25, -0.2) is 0 Å². The number of nitrogens with one attached hydrogen (secondary N) is 2. The number of ketones is 1. The highest BCUT2D eigenvalue weighted by atomic mass is 32.1. The molecular weight excluding hydrogens is 388 g/mol. The van der Waals surface area contributed by atoms with Gasteiger partial charge in [-0.05, 0) is 29.9 Å². The van der Waals surface area contributed by atoms with Crippen LogP contribution in [0.1, 0.15) is 48.2 Å². The predicted octanol–water partition coefficient (Wildman–Crippen LogP) is 3.05. The molecule has 0 bridgehead atoms. The Hall–Kier alpha value is -2.25. The molecule has 0 radical (unpaired) electrons. The van der Waals surface area contributed by atoms with Crippen LogP contribution in [0.2, 0.25) is 0 Å². The summed E-state index contributed by atoms with van der Waals surface area (Å²) in [5, 5.41) is 6.73. The smallest absolute Gasteiger partial charge is 0.262 e. The minimum absolute atomic E-state index is 0.0341. The second kappa shape index (κ2) is 9.05. The van der Waals surface area contributed by atoms with Crippen molar-refractivity contribution in [2.75, 3.05) is 13.2 Å². The molecule has 2 aliphatic rings. The summed E-state index contributed by atoms with van der Waals surface area (Å²) >= 11 is 1.42. The molecule has 1 aromatic carbocycles. The van der Waals surface area contributed by atoms with Crippen molar-refractivity contribution >= 4 is 39.0 Å². The van der Waals surface area contributed by atoms with Gasteiger partial charge < -0.3 is 15.4 Å². The van der Waals surface area contributed by atoms with Gasteiger partial charge in [0.15, 0.2) is 5.78 Å². The van der Waals surface area contributed by atoms with Crippen LogP contribution in [0.25, 0.3) is 10.1 Å². The van der Waals surface area contributed by atoms with Gasteiger partial charge in [-0.15, -0.1) is 11.3 Å². The van der Waals surface area contributed by atoms with Crippen LogP contribution < -0.4 is 10.6 Å². The van der Waals surface area contributed by atoms with Crippen LogP contribution >= 0.6 is 11.3 Å². The zero-order chi connectivity index (χ0) is 20.2. The molecular formula is C22H26N2O4S. The molecule has 1 saturated heterocycles. The van der Waals surface area contributed by atoms with Crippen molar-refractivity contribution in [3.63, 3.8) is 0 Å². The number of carbonyl (C=O) groups excluding carboxylic acids is 3. The largest absolute Gasteiger partial charge is 0.371 e. The summed E-state index contributed by atoms with van der Waals surface area (Å²) in [4.78, 5) is 38.3. The fourth-order valence-electron chi connectivity index (χ4n) is 4.18. The number of hydrogen-bond acceptors (Lipinski definition) is 5. The first-order valence-corrected chi connectivity index (χ1v) is 11.1. The van der Waals surface area contributed by atoms with E-state index in [-0.39, 0.29) is 30.8 Å². The second-order valence-electron chi connectivity index (χ2n) is 7.96. The van der Waals surface area contributed by atoms with Crippen LogP contribution in [-0.4, -0.2) is 42.9 Å². The topological polar surface area (TPSA) is 84.5 Å². The van der Waals surface area contributed by atoms with E-state index in [0.29, 0.717) is 17.2 Å². The Balaban J connectivity index is 1.47. The number of carbonyl (C=O) groups is 3. The molecule has 2 heterocycles. The molecule has 154 valence electrons.